The van der Waals surface area contributed by atoms with Gasteiger partial charge in [0.25, 0.3) is 0 Å². The second-order valence-electron chi connectivity index (χ2n) is 12.8. The van der Waals surface area contributed by atoms with E-state index in [2.05, 4.69) is 26.0 Å². The summed E-state index contributed by atoms with van der Waals surface area (Å²) in [6.45, 7) is 4.44. The largest absolute Gasteiger partial charge is 0.481 e. The molecule has 0 saturated heterocycles. The molecule has 0 aliphatic rings. The number of carboxylic acids is 1. The number of allylic oxidation sites excluding steroid dienone is 1. The highest BCUT2D eigenvalue weighted by Crippen LogP contribution is 2.17. The van der Waals surface area contributed by atoms with Crippen LogP contribution in [0.1, 0.15) is 213 Å². The molecule has 0 fully saturated rings. The lowest BCUT2D eigenvalue weighted by atomic mass is 10.0. The van der Waals surface area contributed by atoms with Gasteiger partial charge in [0.15, 0.2) is 0 Å². The van der Waals surface area contributed by atoms with Gasteiger partial charge in [0.2, 0.25) is 0 Å². The molecule has 0 aromatic heterocycles. The average Bonchev–Trinajstić information content (AvgIpc) is 2.97. The highest BCUT2D eigenvalue weighted by Gasteiger charge is 2.11. The van der Waals surface area contributed by atoms with E-state index in [9.17, 15) is 9.59 Å². The molecule has 0 aliphatic heterocycles. The van der Waals surface area contributed by atoms with Crippen LogP contribution < -0.4 is 0 Å². The molecule has 0 aromatic rings. The number of rotatable bonds is 34. The predicted octanol–water partition coefficient (Wildman–Crippen LogP) is 12.7. The average molecular weight is 593 g/mol. The third-order valence-corrected chi connectivity index (χ3v) is 8.45. The van der Waals surface area contributed by atoms with Crippen LogP contribution >= 0.6 is 0 Å². The van der Waals surface area contributed by atoms with E-state index >= 15 is 0 Å². The number of hydrogen-bond donors (Lipinski definition) is 1. The third-order valence-electron chi connectivity index (χ3n) is 8.45. The van der Waals surface area contributed by atoms with E-state index in [4.69, 9.17) is 9.84 Å². The Morgan fingerprint density at radius 1 is 0.524 bits per heavy atom. The summed E-state index contributed by atoms with van der Waals surface area (Å²) >= 11 is 0. The Kier molecular flexibility index (Phi) is 33.1. The van der Waals surface area contributed by atoms with Crippen molar-refractivity contribution in [3.63, 3.8) is 0 Å². The maximum atomic E-state index is 12.4. The molecule has 1 N–H and O–H groups in total. The second kappa shape index (κ2) is 34.2. The summed E-state index contributed by atoms with van der Waals surface area (Å²) in [6.07, 6.45) is 41.5. The van der Waals surface area contributed by atoms with Crippen LogP contribution in [0.15, 0.2) is 12.2 Å². The number of carbonyl (C=O) groups is 2. The smallest absolute Gasteiger partial charge is 0.306 e. The lowest BCUT2D eigenvalue weighted by Crippen LogP contribution is -2.16. The molecule has 0 heterocycles. The molecule has 4 nitrogen and oxygen atoms in total. The summed E-state index contributed by atoms with van der Waals surface area (Å²) in [4.78, 5) is 23.0. The number of esters is 1. The van der Waals surface area contributed by atoms with Gasteiger partial charge in [-0.25, -0.2) is 0 Å². The number of unbranched alkanes of at least 4 members (excludes halogenated alkanes) is 25. The van der Waals surface area contributed by atoms with E-state index in [0.29, 0.717) is 6.42 Å². The fourth-order valence-electron chi connectivity index (χ4n) is 5.69. The first-order valence-corrected chi connectivity index (χ1v) is 18.7. The zero-order valence-corrected chi connectivity index (χ0v) is 28.3. The summed E-state index contributed by atoms with van der Waals surface area (Å²) in [5.41, 5.74) is 0. The fraction of sp³-hybridized carbons (Fsp3) is 0.895. The van der Waals surface area contributed by atoms with Crippen molar-refractivity contribution in [2.45, 2.75) is 219 Å². The molecule has 42 heavy (non-hydrogen) atoms. The van der Waals surface area contributed by atoms with Crippen molar-refractivity contribution in [2.75, 3.05) is 0 Å². The predicted molar refractivity (Wildman–Crippen MR) is 181 cm³/mol. The van der Waals surface area contributed by atoms with Crippen molar-refractivity contribution in [1.29, 1.82) is 0 Å². The van der Waals surface area contributed by atoms with Crippen LogP contribution in [-0.4, -0.2) is 23.1 Å². The monoisotopic (exact) mass is 593 g/mol. The highest BCUT2D eigenvalue weighted by molar-refractivity contribution is 5.69. The molecule has 0 amide bonds. The van der Waals surface area contributed by atoms with Gasteiger partial charge in [0.1, 0.15) is 6.10 Å². The Morgan fingerprint density at radius 2 is 0.905 bits per heavy atom. The quantitative estimate of drug-likeness (QED) is 0.0458. The van der Waals surface area contributed by atoms with E-state index in [1.807, 2.05) is 0 Å². The molecule has 248 valence electrons. The second-order valence-corrected chi connectivity index (χ2v) is 12.8. The van der Waals surface area contributed by atoms with Gasteiger partial charge >= 0.3 is 11.9 Å². The van der Waals surface area contributed by atoms with E-state index in [0.717, 1.165) is 57.8 Å². The van der Waals surface area contributed by atoms with Crippen molar-refractivity contribution in [3.05, 3.63) is 12.2 Å². The number of aliphatic carboxylic acids is 1. The van der Waals surface area contributed by atoms with Gasteiger partial charge in [-0.15, -0.1) is 0 Å². The maximum Gasteiger partial charge on any atom is 0.306 e. The van der Waals surface area contributed by atoms with Crippen molar-refractivity contribution in [3.8, 4) is 0 Å². The summed E-state index contributed by atoms with van der Waals surface area (Å²) < 4.78 is 5.77. The van der Waals surface area contributed by atoms with Gasteiger partial charge in [0.05, 0.1) is 0 Å². The first kappa shape index (κ1) is 40.7. The molecule has 0 bridgehead atoms. The summed E-state index contributed by atoms with van der Waals surface area (Å²) in [5, 5.41) is 8.75. The fourth-order valence-corrected chi connectivity index (χ4v) is 5.69. The molecule has 4 heteroatoms. The molecule has 0 saturated carbocycles. The molecular formula is C38H72O4. The minimum absolute atomic E-state index is 0.0693. The van der Waals surface area contributed by atoms with E-state index in [-0.39, 0.29) is 18.5 Å². The Balaban J connectivity index is 3.54. The number of carboxylic acid groups (broad SMARTS) is 1. The lowest BCUT2D eigenvalue weighted by molar-refractivity contribution is -0.147. The van der Waals surface area contributed by atoms with Crippen molar-refractivity contribution < 1.29 is 19.4 Å². The van der Waals surface area contributed by atoms with Crippen LogP contribution in [0.2, 0.25) is 0 Å². The Morgan fingerprint density at radius 3 is 1.31 bits per heavy atom. The number of ether oxygens (including phenoxy) is 1. The van der Waals surface area contributed by atoms with Gasteiger partial charge in [0, 0.05) is 12.8 Å². The van der Waals surface area contributed by atoms with Gasteiger partial charge in [-0.2, -0.15) is 0 Å². The molecule has 1 atom stereocenters. The maximum absolute atomic E-state index is 12.4. The summed E-state index contributed by atoms with van der Waals surface area (Å²) in [5.74, 6) is -0.792. The molecular weight excluding hydrogens is 520 g/mol. The topological polar surface area (TPSA) is 63.6 Å². The summed E-state index contributed by atoms with van der Waals surface area (Å²) in [6, 6.07) is 0. The first-order chi connectivity index (χ1) is 20.6. The molecule has 1 unspecified atom stereocenters. The van der Waals surface area contributed by atoms with E-state index in [1.165, 1.54) is 128 Å². The van der Waals surface area contributed by atoms with Gasteiger partial charge in [-0.3, -0.25) is 9.59 Å². The van der Waals surface area contributed by atoms with E-state index < -0.39 is 5.97 Å². The third kappa shape index (κ3) is 33.2. The molecule has 0 aromatic carbocycles. The van der Waals surface area contributed by atoms with Crippen LogP contribution in [0.3, 0.4) is 0 Å². The van der Waals surface area contributed by atoms with Crippen LogP contribution in [0, 0.1) is 0 Å². The van der Waals surface area contributed by atoms with Crippen molar-refractivity contribution in [2.24, 2.45) is 0 Å². The van der Waals surface area contributed by atoms with Crippen LogP contribution in [0.5, 0.6) is 0 Å². The Hall–Kier alpha value is -1.32. The van der Waals surface area contributed by atoms with Gasteiger partial charge in [-0.05, 0) is 38.2 Å². The summed E-state index contributed by atoms with van der Waals surface area (Å²) in [7, 11) is 0. The molecule has 0 rings (SSSR count). The molecule has 0 radical (unpaired) electrons. The SMILES string of the molecule is CCC/C=C\C(CCCCCCC(=O)O)OC(=O)CCCCCCCCCCCCCCCCCCCCCCCC. The Bertz CT molecular complexity index is 600. The lowest BCUT2D eigenvalue weighted by Gasteiger charge is -2.14. The van der Waals surface area contributed by atoms with Crippen molar-refractivity contribution in [1.82, 2.24) is 0 Å². The zero-order valence-electron chi connectivity index (χ0n) is 28.3. The standard InChI is InChI=1S/C38H72O4/c1-3-5-7-8-9-10-11-12-13-14-15-16-17-18-19-20-21-22-23-24-25-31-35-38(41)42-36(32-28-6-4-2)33-29-26-27-30-34-37(39)40/h28,32,36H,3-27,29-31,33-35H2,1-2H3,(H,39,40)/b32-28-. The van der Waals surface area contributed by atoms with Crippen LogP contribution in [0.4, 0.5) is 0 Å². The van der Waals surface area contributed by atoms with Crippen LogP contribution in [0.25, 0.3) is 0 Å². The van der Waals surface area contributed by atoms with Crippen molar-refractivity contribution >= 4 is 11.9 Å². The van der Waals surface area contributed by atoms with E-state index in [1.54, 1.807) is 0 Å². The van der Waals surface area contributed by atoms with Gasteiger partial charge in [-0.1, -0.05) is 174 Å². The molecule has 0 aliphatic carbocycles. The number of hydrogen-bond acceptors (Lipinski definition) is 3. The zero-order chi connectivity index (χ0) is 30.8. The first-order valence-electron chi connectivity index (χ1n) is 18.7. The number of carbonyl (C=O) groups excluding carboxylic acids is 1. The Labute approximate surface area is 262 Å². The van der Waals surface area contributed by atoms with Crippen LogP contribution in [-0.2, 0) is 14.3 Å². The molecule has 0 spiro atoms. The normalized spacial score (nSPS) is 12.2. The minimum atomic E-state index is -0.722. The van der Waals surface area contributed by atoms with Gasteiger partial charge < -0.3 is 9.84 Å². The highest BCUT2D eigenvalue weighted by atomic mass is 16.5. The minimum Gasteiger partial charge on any atom is -0.481 e.